The smallest absolute Gasteiger partial charge is 0.339 e. The summed E-state index contributed by atoms with van der Waals surface area (Å²) < 4.78 is 15.8. The fourth-order valence-electron chi connectivity index (χ4n) is 4.24. The molecule has 0 radical (unpaired) electrons. The van der Waals surface area contributed by atoms with Crippen LogP contribution in [0.25, 0.3) is 11.0 Å². The van der Waals surface area contributed by atoms with Gasteiger partial charge in [0.1, 0.15) is 16.9 Å². The predicted octanol–water partition coefficient (Wildman–Crippen LogP) is 3.32. The van der Waals surface area contributed by atoms with Crippen LogP contribution in [0, 0.1) is 13.8 Å². The highest BCUT2D eigenvalue weighted by Crippen LogP contribution is 2.37. The van der Waals surface area contributed by atoms with E-state index in [-0.39, 0.29) is 12.3 Å². The molecule has 3 aromatic rings. The standard InChI is InChI=1S/C22H25N3O5/c1-13-16-7-6-15(28-3)12-18(16)29-20(27)17(13)8-9-19(26)24-22(10-4-5-11-22)21-23-14(2)30-25-21/h6-7,12H,4-5,8-11H2,1-3H3,(H,24,26). The zero-order valence-electron chi connectivity index (χ0n) is 17.4. The monoisotopic (exact) mass is 411 g/mol. The number of aromatic nitrogens is 2. The molecule has 1 amide bonds. The third-order valence-corrected chi connectivity index (χ3v) is 5.89. The molecule has 4 rings (SSSR count). The number of benzene rings is 1. The van der Waals surface area contributed by atoms with E-state index in [0.29, 0.717) is 35.0 Å². The van der Waals surface area contributed by atoms with Crippen molar-refractivity contribution in [3.8, 4) is 5.75 Å². The summed E-state index contributed by atoms with van der Waals surface area (Å²) in [6.45, 7) is 3.61. The Labute approximate surface area is 173 Å². The van der Waals surface area contributed by atoms with Gasteiger partial charge in [-0.25, -0.2) is 4.79 Å². The molecular weight excluding hydrogens is 386 g/mol. The van der Waals surface area contributed by atoms with Crippen molar-refractivity contribution in [2.75, 3.05) is 7.11 Å². The number of rotatable bonds is 6. The number of hydrogen-bond acceptors (Lipinski definition) is 7. The normalized spacial score (nSPS) is 15.4. The van der Waals surface area contributed by atoms with Crippen molar-refractivity contribution in [2.45, 2.75) is 57.9 Å². The van der Waals surface area contributed by atoms with Gasteiger partial charge in [-0.1, -0.05) is 18.0 Å². The van der Waals surface area contributed by atoms with Crippen molar-refractivity contribution in [1.82, 2.24) is 15.5 Å². The zero-order chi connectivity index (χ0) is 21.3. The van der Waals surface area contributed by atoms with Crippen molar-refractivity contribution < 1.29 is 18.5 Å². The fourth-order valence-corrected chi connectivity index (χ4v) is 4.24. The molecule has 1 aliphatic carbocycles. The van der Waals surface area contributed by atoms with Gasteiger partial charge in [-0.05, 0) is 43.9 Å². The lowest BCUT2D eigenvalue weighted by atomic mass is 9.95. The van der Waals surface area contributed by atoms with E-state index in [1.807, 2.05) is 19.1 Å². The Kier molecular flexibility index (Phi) is 5.32. The molecule has 0 aliphatic heterocycles. The Morgan fingerprint density at radius 2 is 2.03 bits per heavy atom. The Morgan fingerprint density at radius 3 is 2.70 bits per heavy atom. The zero-order valence-corrected chi connectivity index (χ0v) is 17.4. The molecule has 1 fully saturated rings. The van der Waals surface area contributed by atoms with Gasteiger partial charge in [0.2, 0.25) is 11.8 Å². The molecule has 8 heteroatoms. The van der Waals surface area contributed by atoms with Crippen molar-refractivity contribution in [1.29, 1.82) is 0 Å². The summed E-state index contributed by atoms with van der Waals surface area (Å²) in [6.07, 6.45) is 4.00. The summed E-state index contributed by atoms with van der Waals surface area (Å²) in [6, 6.07) is 5.38. The molecule has 0 unspecified atom stereocenters. The number of fused-ring (bicyclic) bond motifs is 1. The van der Waals surface area contributed by atoms with Gasteiger partial charge < -0.3 is 19.0 Å². The minimum atomic E-state index is -0.589. The van der Waals surface area contributed by atoms with Crippen LogP contribution in [0.15, 0.2) is 31.9 Å². The van der Waals surface area contributed by atoms with Crippen LogP contribution < -0.4 is 15.7 Å². The lowest BCUT2D eigenvalue weighted by Gasteiger charge is -2.26. The summed E-state index contributed by atoms with van der Waals surface area (Å²) >= 11 is 0. The number of nitrogens with one attached hydrogen (secondary N) is 1. The highest BCUT2D eigenvalue weighted by atomic mass is 16.5. The maximum absolute atomic E-state index is 12.8. The van der Waals surface area contributed by atoms with Crippen LogP contribution >= 0.6 is 0 Å². The van der Waals surface area contributed by atoms with Gasteiger partial charge in [0.25, 0.3) is 0 Å². The van der Waals surface area contributed by atoms with E-state index in [2.05, 4.69) is 15.5 Å². The predicted molar refractivity (Wildman–Crippen MR) is 109 cm³/mol. The molecule has 158 valence electrons. The second kappa shape index (κ2) is 7.93. The highest BCUT2D eigenvalue weighted by molar-refractivity contribution is 5.83. The lowest BCUT2D eigenvalue weighted by Crippen LogP contribution is -2.44. The number of nitrogens with zero attached hydrogens (tertiary/aromatic N) is 2. The van der Waals surface area contributed by atoms with E-state index in [9.17, 15) is 9.59 Å². The molecule has 0 saturated heterocycles. The van der Waals surface area contributed by atoms with Crippen LogP contribution in [0.5, 0.6) is 5.75 Å². The quantitative estimate of drug-likeness (QED) is 0.620. The summed E-state index contributed by atoms with van der Waals surface area (Å²) in [7, 11) is 1.56. The summed E-state index contributed by atoms with van der Waals surface area (Å²) in [5.41, 5.74) is 0.793. The minimum absolute atomic E-state index is 0.145. The third-order valence-electron chi connectivity index (χ3n) is 5.89. The van der Waals surface area contributed by atoms with Crippen LogP contribution in [0.1, 0.15) is 54.9 Å². The third kappa shape index (κ3) is 3.69. The number of aryl methyl sites for hydroxylation is 2. The average Bonchev–Trinajstić information content (AvgIpc) is 3.37. The second-order valence-corrected chi connectivity index (χ2v) is 7.83. The van der Waals surface area contributed by atoms with Crippen LogP contribution in [-0.4, -0.2) is 23.2 Å². The topological polar surface area (TPSA) is 107 Å². The molecule has 1 saturated carbocycles. The molecule has 1 aromatic carbocycles. The molecule has 30 heavy (non-hydrogen) atoms. The van der Waals surface area contributed by atoms with E-state index < -0.39 is 11.2 Å². The molecule has 0 atom stereocenters. The number of methoxy groups -OCH3 is 1. The van der Waals surface area contributed by atoms with E-state index in [1.165, 1.54) is 0 Å². The summed E-state index contributed by atoms with van der Waals surface area (Å²) in [5, 5.41) is 7.99. The minimum Gasteiger partial charge on any atom is -0.497 e. The van der Waals surface area contributed by atoms with Crippen LogP contribution in [0.3, 0.4) is 0 Å². The Morgan fingerprint density at radius 1 is 1.27 bits per heavy atom. The molecule has 0 spiro atoms. The average molecular weight is 411 g/mol. The van der Waals surface area contributed by atoms with Crippen molar-refractivity contribution >= 4 is 16.9 Å². The SMILES string of the molecule is COc1ccc2c(C)c(CCC(=O)NC3(c4noc(C)n4)CCCC3)c(=O)oc2c1. The summed E-state index contributed by atoms with van der Waals surface area (Å²) in [4.78, 5) is 29.7. The first-order valence-corrected chi connectivity index (χ1v) is 10.1. The Hall–Kier alpha value is -3.16. The molecule has 8 nitrogen and oxygen atoms in total. The first kappa shape index (κ1) is 20.1. The molecular formula is C22H25N3O5. The van der Waals surface area contributed by atoms with Gasteiger partial charge in [-0.15, -0.1) is 0 Å². The number of carbonyl (C=O) groups excluding carboxylic acids is 1. The van der Waals surface area contributed by atoms with E-state index >= 15 is 0 Å². The number of ether oxygens (including phenoxy) is 1. The number of hydrogen-bond donors (Lipinski definition) is 1. The van der Waals surface area contributed by atoms with Crippen LogP contribution in [0.4, 0.5) is 0 Å². The van der Waals surface area contributed by atoms with E-state index in [1.54, 1.807) is 20.1 Å². The van der Waals surface area contributed by atoms with Gasteiger partial charge >= 0.3 is 5.63 Å². The molecule has 0 bridgehead atoms. The van der Waals surface area contributed by atoms with Crippen LogP contribution in [-0.2, 0) is 16.8 Å². The second-order valence-electron chi connectivity index (χ2n) is 7.83. The first-order chi connectivity index (χ1) is 14.4. The highest BCUT2D eigenvalue weighted by Gasteiger charge is 2.41. The van der Waals surface area contributed by atoms with Crippen LogP contribution in [0.2, 0.25) is 0 Å². The molecule has 1 N–H and O–H groups in total. The summed E-state index contributed by atoms with van der Waals surface area (Å²) in [5.74, 6) is 1.48. The number of carbonyl (C=O) groups is 1. The maximum atomic E-state index is 12.8. The fraction of sp³-hybridized carbons (Fsp3) is 0.455. The van der Waals surface area contributed by atoms with Gasteiger partial charge in [0.15, 0.2) is 5.82 Å². The van der Waals surface area contributed by atoms with E-state index in [0.717, 1.165) is 36.6 Å². The molecule has 2 aromatic heterocycles. The molecule has 2 heterocycles. The molecule has 1 aliphatic rings. The first-order valence-electron chi connectivity index (χ1n) is 10.1. The van der Waals surface area contributed by atoms with Crippen molar-refractivity contribution in [2.24, 2.45) is 0 Å². The number of amides is 1. The van der Waals surface area contributed by atoms with Crippen molar-refractivity contribution in [3.05, 3.63) is 51.5 Å². The Balaban J connectivity index is 1.52. The van der Waals surface area contributed by atoms with Crippen molar-refractivity contribution in [3.63, 3.8) is 0 Å². The lowest BCUT2D eigenvalue weighted by molar-refractivity contribution is -0.123. The van der Waals surface area contributed by atoms with Gasteiger partial charge in [0.05, 0.1) is 7.11 Å². The largest absolute Gasteiger partial charge is 0.497 e. The van der Waals surface area contributed by atoms with Gasteiger partial charge in [0, 0.05) is 30.4 Å². The van der Waals surface area contributed by atoms with Gasteiger partial charge in [-0.3, -0.25) is 4.79 Å². The maximum Gasteiger partial charge on any atom is 0.339 e. The Bertz CT molecular complexity index is 1140. The van der Waals surface area contributed by atoms with E-state index in [4.69, 9.17) is 13.7 Å². The van der Waals surface area contributed by atoms with Gasteiger partial charge in [-0.2, -0.15) is 4.98 Å².